The Kier molecular flexibility index (Phi) is 4.04. The van der Waals surface area contributed by atoms with Gasteiger partial charge in [-0.2, -0.15) is 18.4 Å². The molecule has 0 atom stereocenters. The molecule has 0 aliphatic heterocycles. The molecule has 4 nitrogen and oxygen atoms in total. The lowest BCUT2D eigenvalue weighted by Crippen LogP contribution is -2.16. The van der Waals surface area contributed by atoms with Crippen molar-refractivity contribution in [3.05, 3.63) is 28.6 Å². The molecule has 9 heteroatoms. The van der Waals surface area contributed by atoms with E-state index in [9.17, 15) is 26.7 Å². The van der Waals surface area contributed by atoms with E-state index < -0.39 is 41.1 Å². The van der Waals surface area contributed by atoms with Crippen molar-refractivity contribution in [2.24, 2.45) is 0 Å². The third-order valence-corrected chi connectivity index (χ3v) is 2.07. The molecule has 19 heavy (non-hydrogen) atoms. The summed E-state index contributed by atoms with van der Waals surface area (Å²) in [5.41, 5.74) is -4.94. The van der Waals surface area contributed by atoms with E-state index in [2.05, 4.69) is 9.72 Å². The average Bonchev–Trinajstić information content (AvgIpc) is 2.34. The number of ether oxygens (including phenoxy) is 1. The van der Waals surface area contributed by atoms with E-state index in [4.69, 9.17) is 5.26 Å². The number of esters is 1. The predicted molar refractivity (Wildman–Crippen MR) is 50.3 cm³/mol. The fourth-order valence-corrected chi connectivity index (χ4v) is 1.28. The molecule has 0 bridgehead atoms. The summed E-state index contributed by atoms with van der Waals surface area (Å²) in [6.45, 7) is 0. The first-order chi connectivity index (χ1) is 8.72. The van der Waals surface area contributed by atoms with Gasteiger partial charge in [-0.3, -0.25) is 0 Å². The Labute approximate surface area is 103 Å². The van der Waals surface area contributed by atoms with Crippen molar-refractivity contribution in [3.8, 4) is 6.07 Å². The van der Waals surface area contributed by atoms with Crippen LogP contribution in [0.4, 0.5) is 22.0 Å². The number of alkyl halides is 5. The Bertz CT molecular complexity index is 548. The summed E-state index contributed by atoms with van der Waals surface area (Å²) < 4.78 is 66.8. The smallest absolute Gasteiger partial charge is 0.433 e. The Morgan fingerprint density at radius 1 is 1.47 bits per heavy atom. The van der Waals surface area contributed by atoms with Crippen molar-refractivity contribution in [3.63, 3.8) is 0 Å². The Morgan fingerprint density at radius 3 is 2.42 bits per heavy atom. The molecule has 0 saturated heterocycles. The summed E-state index contributed by atoms with van der Waals surface area (Å²) in [6.07, 6.45) is -8.39. The number of nitriles is 1. The van der Waals surface area contributed by atoms with E-state index in [0.717, 1.165) is 7.11 Å². The standard InChI is InChI=1S/C10H5F5N2O2/c1-19-9(18)7-4(8(11)12)2-6(10(13,14)15)17-5(7)3-16/h2,8H,1H3. The topological polar surface area (TPSA) is 63.0 Å². The van der Waals surface area contributed by atoms with Gasteiger partial charge in [0.25, 0.3) is 6.43 Å². The Balaban J connectivity index is 3.65. The maximum absolute atomic E-state index is 12.7. The van der Waals surface area contributed by atoms with Crippen LogP contribution in [0.3, 0.4) is 0 Å². The highest BCUT2D eigenvalue weighted by atomic mass is 19.4. The van der Waals surface area contributed by atoms with Crippen molar-refractivity contribution in [2.45, 2.75) is 12.6 Å². The maximum Gasteiger partial charge on any atom is 0.433 e. The molecule has 0 unspecified atom stereocenters. The zero-order chi connectivity index (χ0) is 14.8. The van der Waals surface area contributed by atoms with Crippen LogP contribution in [-0.4, -0.2) is 18.1 Å². The Hall–Kier alpha value is -2.24. The maximum atomic E-state index is 12.7. The molecule has 0 amide bonds. The molecule has 0 aromatic carbocycles. The molecule has 0 fully saturated rings. The molecular weight excluding hydrogens is 275 g/mol. The van der Waals surface area contributed by atoms with Crippen molar-refractivity contribution < 1.29 is 31.5 Å². The van der Waals surface area contributed by atoms with Crippen LogP contribution in [0.15, 0.2) is 6.07 Å². The van der Waals surface area contributed by atoms with Crippen LogP contribution in [0.25, 0.3) is 0 Å². The van der Waals surface area contributed by atoms with Crippen LogP contribution in [0.1, 0.15) is 33.7 Å². The molecule has 1 rings (SSSR count). The lowest BCUT2D eigenvalue weighted by molar-refractivity contribution is -0.141. The van der Waals surface area contributed by atoms with Crippen LogP contribution >= 0.6 is 0 Å². The molecule has 102 valence electrons. The quantitative estimate of drug-likeness (QED) is 0.617. The van der Waals surface area contributed by atoms with Gasteiger partial charge < -0.3 is 4.74 Å². The molecular formula is C10H5F5N2O2. The fraction of sp³-hybridized carbons (Fsp3) is 0.300. The number of nitrogens with zero attached hydrogens (tertiary/aromatic N) is 2. The van der Waals surface area contributed by atoms with Gasteiger partial charge in [-0.15, -0.1) is 0 Å². The van der Waals surface area contributed by atoms with Gasteiger partial charge in [0.15, 0.2) is 5.69 Å². The van der Waals surface area contributed by atoms with E-state index in [-0.39, 0.29) is 6.07 Å². The molecule has 1 aromatic heterocycles. The minimum absolute atomic E-state index is 0.0256. The van der Waals surface area contributed by atoms with Crippen molar-refractivity contribution >= 4 is 5.97 Å². The van der Waals surface area contributed by atoms with Crippen LogP contribution in [0.2, 0.25) is 0 Å². The monoisotopic (exact) mass is 280 g/mol. The number of aromatic nitrogens is 1. The molecule has 0 saturated carbocycles. The van der Waals surface area contributed by atoms with Gasteiger partial charge in [-0.25, -0.2) is 18.6 Å². The number of carbonyl (C=O) groups excluding carboxylic acids is 1. The first kappa shape index (κ1) is 14.8. The number of halogens is 5. The summed E-state index contributed by atoms with van der Waals surface area (Å²) in [7, 11) is 0.844. The second-order valence-corrected chi connectivity index (χ2v) is 3.22. The lowest BCUT2D eigenvalue weighted by Gasteiger charge is -2.12. The van der Waals surface area contributed by atoms with Crippen molar-refractivity contribution in [1.82, 2.24) is 4.98 Å². The van der Waals surface area contributed by atoms with Gasteiger partial charge >= 0.3 is 12.1 Å². The van der Waals surface area contributed by atoms with E-state index in [0.29, 0.717) is 0 Å². The number of hydrogen-bond donors (Lipinski definition) is 0. The third-order valence-electron chi connectivity index (χ3n) is 2.07. The second-order valence-electron chi connectivity index (χ2n) is 3.22. The van der Waals surface area contributed by atoms with Crippen LogP contribution in [0.5, 0.6) is 0 Å². The van der Waals surface area contributed by atoms with Gasteiger partial charge in [0.1, 0.15) is 17.3 Å². The highest BCUT2D eigenvalue weighted by molar-refractivity contribution is 5.93. The largest absolute Gasteiger partial charge is 0.465 e. The van der Waals surface area contributed by atoms with E-state index >= 15 is 0 Å². The van der Waals surface area contributed by atoms with Gasteiger partial charge in [-0.1, -0.05) is 0 Å². The highest BCUT2D eigenvalue weighted by Gasteiger charge is 2.36. The number of hydrogen-bond acceptors (Lipinski definition) is 4. The summed E-state index contributed by atoms with van der Waals surface area (Å²) >= 11 is 0. The fourth-order valence-electron chi connectivity index (χ4n) is 1.28. The molecule has 0 spiro atoms. The minimum atomic E-state index is -5.01. The summed E-state index contributed by atoms with van der Waals surface area (Å²) in [6, 6.07) is 1.20. The van der Waals surface area contributed by atoms with Gasteiger partial charge in [0.2, 0.25) is 0 Å². The van der Waals surface area contributed by atoms with E-state index in [1.165, 1.54) is 6.07 Å². The molecule has 0 radical (unpaired) electrons. The van der Waals surface area contributed by atoms with E-state index in [1.807, 2.05) is 0 Å². The molecule has 0 aliphatic carbocycles. The van der Waals surface area contributed by atoms with Crippen LogP contribution < -0.4 is 0 Å². The Morgan fingerprint density at radius 2 is 2.05 bits per heavy atom. The number of methoxy groups -OCH3 is 1. The summed E-state index contributed by atoms with van der Waals surface area (Å²) in [4.78, 5) is 14.1. The minimum Gasteiger partial charge on any atom is -0.465 e. The van der Waals surface area contributed by atoms with Crippen molar-refractivity contribution in [2.75, 3.05) is 7.11 Å². The number of carbonyl (C=O) groups is 1. The zero-order valence-electron chi connectivity index (χ0n) is 9.26. The third kappa shape index (κ3) is 2.96. The summed E-state index contributed by atoms with van der Waals surface area (Å²) in [5.74, 6) is -1.35. The molecule has 0 aliphatic rings. The highest BCUT2D eigenvalue weighted by Crippen LogP contribution is 2.33. The summed E-state index contributed by atoms with van der Waals surface area (Å²) in [5, 5.41) is 8.63. The zero-order valence-corrected chi connectivity index (χ0v) is 9.26. The van der Waals surface area contributed by atoms with Crippen LogP contribution in [-0.2, 0) is 10.9 Å². The van der Waals surface area contributed by atoms with Gasteiger partial charge in [0, 0.05) is 5.56 Å². The van der Waals surface area contributed by atoms with Gasteiger partial charge in [-0.05, 0) is 6.07 Å². The molecule has 0 N–H and O–H groups in total. The second kappa shape index (κ2) is 5.17. The molecule has 1 heterocycles. The normalized spacial score (nSPS) is 11.3. The lowest BCUT2D eigenvalue weighted by atomic mass is 10.1. The number of rotatable bonds is 2. The first-order valence-corrected chi connectivity index (χ1v) is 4.61. The SMILES string of the molecule is COC(=O)c1c(C(F)F)cc(C(F)(F)F)nc1C#N. The first-order valence-electron chi connectivity index (χ1n) is 4.61. The van der Waals surface area contributed by atoms with E-state index in [1.54, 1.807) is 0 Å². The number of pyridine rings is 1. The predicted octanol–water partition coefficient (Wildman–Crippen LogP) is 2.70. The van der Waals surface area contributed by atoms with Gasteiger partial charge in [0.05, 0.1) is 7.11 Å². The molecule has 1 aromatic rings. The van der Waals surface area contributed by atoms with Crippen LogP contribution in [0, 0.1) is 11.3 Å². The van der Waals surface area contributed by atoms with Crippen molar-refractivity contribution in [1.29, 1.82) is 5.26 Å². The average molecular weight is 280 g/mol.